The van der Waals surface area contributed by atoms with Crippen LogP contribution in [0.5, 0.6) is 0 Å². The van der Waals surface area contributed by atoms with E-state index in [4.69, 9.17) is 5.41 Å². The number of hydrogen-bond acceptors (Lipinski definition) is 3. The Morgan fingerprint density at radius 1 is 1.22 bits per heavy atom. The van der Waals surface area contributed by atoms with Crippen LogP contribution < -0.4 is 5.32 Å². The highest BCUT2D eigenvalue weighted by atomic mass is 79.9. The third kappa shape index (κ3) is 5.51. The van der Waals surface area contributed by atoms with E-state index in [1.165, 1.54) is 0 Å². The highest BCUT2D eigenvalue weighted by Gasteiger charge is 2.39. The molecule has 2 unspecified atom stereocenters. The molecular formula is C25H33BrN4O2. The van der Waals surface area contributed by atoms with E-state index in [-0.39, 0.29) is 11.9 Å². The molecule has 1 fully saturated rings. The number of guanidine groups is 1. The van der Waals surface area contributed by atoms with Crippen molar-refractivity contribution >= 4 is 27.8 Å². The summed E-state index contributed by atoms with van der Waals surface area (Å²) in [6.07, 6.45) is 1.46. The van der Waals surface area contributed by atoms with Gasteiger partial charge in [-0.2, -0.15) is 0 Å². The molecule has 1 aliphatic heterocycles. The smallest absolute Gasteiger partial charge is 0.253 e. The Balaban J connectivity index is 1.75. The van der Waals surface area contributed by atoms with E-state index in [2.05, 4.69) is 35.1 Å². The van der Waals surface area contributed by atoms with Crippen LogP contribution in [-0.2, 0) is 12.1 Å². The van der Waals surface area contributed by atoms with Crippen LogP contribution in [0.2, 0.25) is 0 Å². The molecule has 0 saturated carbocycles. The van der Waals surface area contributed by atoms with Gasteiger partial charge in [0.15, 0.2) is 5.96 Å². The van der Waals surface area contributed by atoms with Crippen LogP contribution >= 0.6 is 15.9 Å². The Kier molecular flexibility index (Phi) is 7.96. The molecule has 1 saturated heterocycles. The lowest BCUT2D eigenvalue weighted by molar-refractivity contribution is -0.00306. The second-order valence-corrected chi connectivity index (χ2v) is 9.54. The number of aliphatic hydroxyl groups excluding tert-OH is 1. The molecule has 2 atom stereocenters. The molecule has 1 amide bonds. The van der Waals surface area contributed by atoms with Crippen molar-refractivity contribution in [1.82, 2.24) is 15.1 Å². The second kappa shape index (κ2) is 10.5. The van der Waals surface area contributed by atoms with Gasteiger partial charge in [0.1, 0.15) is 6.23 Å². The number of nitrogens with one attached hydrogen (secondary N) is 2. The summed E-state index contributed by atoms with van der Waals surface area (Å²) in [7, 11) is 0. The Morgan fingerprint density at radius 3 is 2.53 bits per heavy atom. The summed E-state index contributed by atoms with van der Waals surface area (Å²) in [5.74, 6) is 0.201. The molecule has 2 aromatic rings. The van der Waals surface area contributed by atoms with Crippen molar-refractivity contribution in [3.05, 3.63) is 69.7 Å². The van der Waals surface area contributed by atoms with Crippen LogP contribution in [0.4, 0.5) is 0 Å². The number of amides is 1. The van der Waals surface area contributed by atoms with Crippen molar-refractivity contribution in [2.75, 3.05) is 13.1 Å². The maximum absolute atomic E-state index is 13.0. The number of carbonyl (C=O) groups is 1. The van der Waals surface area contributed by atoms with Gasteiger partial charge in [0, 0.05) is 36.1 Å². The molecule has 0 spiro atoms. The van der Waals surface area contributed by atoms with Crippen LogP contribution in [0.3, 0.4) is 0 Å². The van der Waals surface area contributed by atoms with Gasteiger partial charge in [-0.25, -0.2) is 0 Å². The van der Waals surface area contributed by atoms with Crippen molar-refractivity contribution in [1.29, 1.82) is 5.41 Å². The molecule has 0 bridgehead atoms. The predicted octanol–water partition coefficient (Wildman–Crippen LogP) is 4.68. The lowest BCUT2D eigenvalue weighted by Gasteiger charge is -2.45. The lowest BCUT2D eigenvalue weighted by atomic mass is 9.86. The summed E-state index contributed by atoms with van der Waals surface area (Å²) in [4.78, 5) is 16.5. The zero-order valence-corrected chi connectivity index (χ0v) is 20.7. The summed E-state index contributed by atoms with van der Waals surface area (Å²) in [6.45, 7) is 7.98. The van der Waals surface area contributed by atoms with E-state index >= 15 is 0 Å². The van der Waals surface area contributed by atoms with Gasteiger partial charge in [0.05, 0.1) is 5.54 Å². The number of nitrogens with zero attached hydrogens (tertiary/aromatic N) is 2. The zero-order valence-electron chi connectivity index (χ0n) is 19.1. The van der Waals surface area contributed by atoms with Crippen LogP contribution in [0.1, 0.15) is 61.5 Å². The molecule has 1 heterocycles. The average molecular weight is 501 g/mol. The minimum Gasteiger partial charge on any atom is -0.373 e. The van der Waals surface area contributed by atoms with Gasteiger partial charge in [0.2, 0.25) is 0 Å². The first-order valence-electron chi connectivity index (χ1n) is 11.2. The minimum absolute atomic E-state index is 0.0326. The van der Waals surface area contributed by atoms with Gasteiger partial charge >= 0.3 is 0 Å². The molecule has 2 aromatic carbocycles. The summed E-state index contributed by atoms with van der Waals surface area (Å²) < 4.78 is 0.961. The molecule has 3 N–H and O–H groups in total. The van der Waals surface area contributed by atoms with Gasteiger partial charge in [-0.1, -0.05) is 54.0 Å². The first-order valence-corrected chi connectivity index (χ1v) is 12.0. The first-order chi connectivity index (χ1) is 15.3. The zero-order chi connectivity index (χ0) is 23.3. The van der Waals surface area contributed by atoms with E-state index in [1.54, 1.807) is 4.90 Å². The number of carbonyl (C=O) groups excluding carboxylic acids is 1. The van der Waals surface area contributed by atoms with E-state index in [0.29, 0.717) is 18.5 Å². The summed E-state index contributed by atoms with van der Waals surface area (Å²) in [6, 6.07) is 15.4. The Hall–Kier alpha value is -2.38. The van der Waals surface area contributed by atoms with E-state index in [0.717, 1.165) is 41.5 Å². The summed E-state index contributed by atoms with van der Waals surface area (Å²) in [5, 5.41) is 22.8. The third-order valence-electron chi connectivity index (χ3n) is 5.89. The van der Waals surface area contributed by atoms with Crippen LogP contribution in [-0.4, -0.2) is 46.1 Å². The van der Waals surface area contributed by atoms with E-state index in [1.807, 2.05) is 60.4 Å². The topological polar surface area (TPSA) is 79.7 Å². The molecule has 32 heavy (non-hydrogen) atoms. The van der Waals surface area contributed by atoms with Gasteiger partial charge in [-0.3, -0.25) is 10.2 Å². The lowest BCUT2D eigenvalue weighted by Crippen LogP contribution is -2.60. The van der Waals surface area contributed by atoms with Gasteiger partial charge in [-0.05, 0) is 55.2 Å². The largest absolute Gasteiger partial charge is 0.373 e. The molecule has 1 aliphatic rings. The maximum Gasteiger partial charge on any atom is 0.253 e. The number of aliphatic hydroxyl groups is 1. The normalized spacial score (nSPS) is 20.7. The Bertz CT molecular complexity index is 960. The molecular weight excluding hydrogens is 468 g/mol. The van der Waals surface area contributed by atoms with Gasteiger partial charge in [0.25, 0.3) is 5.91 Å². The molecule has 0 radical (unpaired) electrons. The molecule has 172 valence electrons. The number of benzene rings is 2. The maximum atomic E-state index is 13.0. The molecule has 3 rings (SSSR count). The minimum atomic E-state index is -0.816. The third-order valence-corrected chi connectivity index (χ3v) is 6.39. The fourth-order valence-corrected chi connectivity index (χ4v) is 4.65. The van der Waals surface area contributed by atoms with Crippen molar-refractivity contribution in [2.24, 2.45) is 0 Å². The van der Waals surface area contributed by atoms with Gasteiger partial charge < -0.3 is 20.2 Å². The first kappa shape index (κ1) is 24.3. The SMILES string of the molecule is CCCN(CCC)C(=O)c1cccc(CN2C(=N)NC(C)(c3cccc(Br)c3)CC2O)c1. The molecule has 0 aromatic heterocycles. The van der Waals surface area contributed by atoms with Crippen molar-refractivity contribution in [3.8, 4) is 0 Å². The van der Waals surface area contributed by atoms with E-state index in [9.17, 15) is 9.90 Å². The highest BCUT2D eigenvalue weighted by molar-refractivity contribution is 9.10. The van der Waals surface area contributed by atoms with Gasteiger partial charge in [-0.15, -0.1) is 0 Å². The van der Waals surface area contributed by atoms with Crippen LogP contribution in [0, 0.1) is 5.41 Å². The highest BCUT2D eigenvalue weighted by Crippen LogP contribution is 2.33. The number of halogens is 1. The molecule has 6 nitrogen and oxygen atoms in total. The van der Waals surface area contributed by atoms with E-state index < -0.39 is 11.8 Å². The van der Waals surface area contributed by atoms with Crippen LogP contribution in [0.15, 0.2) is 53.0 Å². The monoisotopic (exact) mass is 500 g/mol. The Labute approximate surface area is 199 Å². The summed E-state index contributed by atoms with van der Waals surface area (Å²) >= 11 is 3.50. The van der Waals surface area contributed by atoms with Crippen molar-refractivity contribution < 1.29 is 9.90 Å². The van der Waals surface area contributed by atoms with Crippen molar-refractivity contribution in [3.63, 3.8) is 0 Å². The quantitative estimate of drug-likeness (QED) is 0.491. The number of rotatable bonds is 8. The second-order valence-electron chi connectivity index (χ2n) is 8.62. The average Bonchev–Trinajstić information content (AvgIpc) is 2.76. The van der Waals surface area contributed by atoms with Crippen molar-refractivity contribution in [2.45, 2.75) is 58.3 Å². The number of hydrogen-bond donors (Lipinski definition) is 3. The predicted molar refractivity (Wildman–Crippen MR) is 131 cm³/mol. The molecule has 7 heteroatoms. The summed E-state index contributed by atoms with van der Waals surface area (Å²) in [5.41, 5.74) is 2.00. The fraction of sp³-hybridized carbons (Fsp3) is 0.440. The standard InChI is InChI=1S/C25H33BrN4O2/c1-4-12-29(13-5-2)23(32)19-9-6-8-18(14-19)17-30-22(31)16-25(3,28-24(30)27)20-10-7-11-21(26)15-20/h6-11,14-15,22,31H,4-5,12-13,16-17H2,1-3H3,(H2,27,28). The fourth-order valence-electron chi connectivity index (χ4n) is 4.25. The van der Waals surface area contributed by atoms with Crippen LogP contribution in [0.25, 0.3) is 0 Å². The molecule has 0 aliphatic carbocycles. The Morgan fingerprint density at radius 2 is 1.91 bits per heavy atom.